The van der Waals surface area contributed by atoms with Gasteiger partial charge in [-0.3, -0.25) is 0 Å². The molecule has 0 radical (unpaired) electrons. The summed E-state index contributed by atoms with van der Waals surface area (Å²) in [5.41, 5.74) is 0. The van der Waals surface area contributed by atoms with Crippen LogP contribution in [0.5, 0.6) is 0 Å². The molecule has 3 nitrogen and oxygen atoms in total. The molecular formula is C6H7ClO3Se. The van der Waals surface area contributed by atoms with Crippen molar-refractivity contribution in [1.82, 2.24) is 0 Å². The second-order valence-electron chi connectivity index (χ2n) is 1.53. The summed E-state index contributed by atoms with van der Waals surface area (Å²) in [4.78, 5) is 0. The zero-order valence-electron chi connectivity index (χ0n) is 5.48. The summed E-state index contributed by atoms with van der Waals surface area (Å²) in [7, 11) is 0. The molecular weight excluding hydrogens is 234 g/mol. The van der Waals surface area contributed by atoms with Gasteiger partial charge in [0.25, 0.3) is 0 Å². The summed E-state index contributed by atoms with van der Waals surface area (Å²) in [5.74, 6) is 0. The van der Waals surface area contributed by atoms with E-state index in [1.807, 2.05) is 30.3 Å². The SMILES string of the molecule is Clc1ccccc1.O=[Se](O)O. The zero-order chi connectivity index (χ0) is 8.69. The first-order valence-electron chi connectivity index (χ1n) is 2.63. The van der Waals surface area contributed by atoms with Gasteiger partial charge in [-0.1, -0.05) is 29.8 Å². The summed E-state index contributed by atoms with van der Waals surface area (Å²) >= 11 is 2.25. The first-order valence-corrected chi connectivity index (χ1v) is 5.24. The fourth-order valence-corrected chi connectivity index (χ4v) is 0.560. The quantitative estimate of drug-likeness (QED) is 0.658. The van der Waals surface area contributed by atoms with E-state index < -0.39 is 14.5 Å². The van der Waals surface area contributed by atoms with Gasteiger partial charge in [-0.15, -0.1) is 0 Å². The van der Waals surface area contributed by atoms with E-state index >= 15 is 0 Å². The Balaban J connectivity index is 0.000000218. The molecule has 11 heavy (non-hydrogen) atoms. The van der Waals surface area contributed by atoms with E-state index in [2.05, 4.69) is 0 Å². The molecule has 0 bridgehead atoms. The Bertz CT molecular complexity index is 210. The van der Waals surface area contributed by atoms with Gasteiger partial charge < -0.3 is 0 Å². The second kappa shape index (κ2) is 6.46. The monoisotopic (exact) mass is 242 g/mol. The zero-order valence-corrected chi connectivity index (χ0v) is 7.94. The minimum absolute atomic E-state index is 0.794. The van der Waals surface area contributed by atoms with Crippen LogP contribution < -0.4 is 0 Å². The molecule has 0 saturated heterocycles. The molecule has 1 aromatic carbocycles. The normalized spacial score (nSPS) is 8.73. The third-order valence-corrected chi connectivity index (χ3v) is 0.985. The Morgan fingerprint density at radius 3 is 1.73 bits per heavy atom. The molecule has 0 unspecified atom stereocenters. The van der Waals surface area contributed by atoms with Gasteiger partial charge in [0.05, 0.1) is 0 Å². The Hall–Kier alpha value is -0.251. The predicted molar refractivity (Wildman–Crippen MR) is 42.3 cm³/mol. The first kappa shape index (κ1) is 10.7. The van der Waals surface area contributed by atoms with Crippen LogP contribution in [0.25, 0.3) is 0 Å². The Kier molecular flexibility index (Phi) is 6.31. The Labute approximate surface area is 74.0 Å². The van der Waals surface area contributed by atoms with Crippen molar-refractivity contribution in [2.45, 2.75) is 0 Å². The molecule has 0 aliphatic carbocycles. The maximum atomic E-state index is 8.76. The van der Waals surface area contributed by atoms with Crippen molar-refractivity contribution in [3.63, 3.8) is 0 Å². The van der Waals surface area contributed by atoms with Crippen LogP contribution in [-0.2, 0) is 3.83 Å². The standard InChI is InChI=1S/C6H5Cl.H2O3Se/c7-6-4-2-1-3-5-6;1-4(2)3/h1-5H;(H2,1,2,3). The first-order chi connectivity index (χ1) is 5.13. The van der Waals surface area contributed by atoms with E-state index in [4.69, 9.17) is 23.8 Å². The molecule has 1 rings (SSSR count). The van der Waals surface area contributed by atoms with Gasteiger partial charge in [0.2, 0.25) is 0 Å². The van der Waals surface area contributed by atoms with Crippen LogP contribution in [0.15, 0.2) is 30.3 Å². The summed E-state index contributed by atoms with van der Waals surface area (Å²) in [5, 5.41) is 0.794. The molecule has 0 aromatic heterocycles. The van der Waals surface area contributed by atoms with Gasteiger partial charge >= 0.3 is 26.7 Å². The maximum absolute atomic E-state index is 8.76. The molecule has 0 aliphatic rings. The second-order valence-corrected chi connectivity index (χ2v) is 2.93. The van der Waals surface area contributed by atoms with E-state index in [0.29, 0.717) is 0 Å². The fourth-order valence-electron chi connectivity index (χ4n) is 0.415. The van der Waals surface area contributed by atoms with E-state index in [1.54, 1.807) is 0 Å². The number of hydrogen-bond donors (Lipinski definition) is 2. The summed E-state index contributed by atoms with van der Waals surface area (Å²) < 4.78 is 23.1. The number of rotatable bonds is 0. The van der Waals surface area contributed by atoms with Crippen molar-refractivity contribution < 1.29 is 12.2 Å². The number of halogens is 1. The van der Waals surface area contributed by atoms with E-state index in [9.17, 15) is 0 Å². The molecule has 1 aromatic rings. The number of benzene rings is 1. The summed E-state index contributed by atoms with van der Waals surface area (Å²) in [6.07, 6.45) is 0. The van der Waals surface area contributed by atoms with Crippen molar-refractivity contribution in [1.29, 1.82) is 0 Å². The Morgan fingerprint density at radius 1 is 1.18 bits per heavy atom. The molecule has 2 N–H and O–H groups in total. The van der Waals surface area contributed by atoms with Gasteiger partial charge in [0.1, 0.15) is 0 Å². The van der Waals surface area contributed by atoms with Crippen LogP contribution in [0.3, 0.4) is 0 Å². The van der Waals surface area contributed by atoms with Crippen molar-refractivity contribution >= 4 is 26.1 Å². The van der Waals surface area contributed by atoms with Crippen molar-refractivity contribution in [3.05, 3.63) is 35.4 Å². The summed E-state index contributed by atoms with van der Waals surface area (Å²) in [6.45, 7) is 0. The minimum atomic E-state index is -3.29. The topological polar surface area (TPSA) is 57.5 Å². The van der Waals surface area contributed by atoms with Crippen LogP contribution in [0, 0.1) is 0 Å². The molecule has 5 heteroatoms. The van der Waals surface area contributed by atoms with Gasteiger partial charge in [0.15, 0.2) is 0 Å². The number of hydrogen-bond acceptors (Lipinski definition) is 1. The molecule has 0 amide bonds. The van der Waals surface area contributed by atoms with Gasteiger partial charge in [0, 0.05) is 5.02 Å². The average Bonchev–Trinajstić information content (AvgIpc) is 1.87. The third kappa shape index (κ3) is 9.75. The molecule has 0 aliphatic heterocycles. The molecule has 0 heterocycles. The van der Waals surface area contributed by atoms with E-state index in [0.717, 1.165) is 5.02 Å². The van der Waals surface area contributed by atoms with Crippen LogP contribution in [0.1, 0.15) is 0 Å². The Morgan fingerprint density at radius 2 is 1.55 bits per heavy atom. The molecule has 62 valence electrons. The third-order valence-electron chi connectivity index (χ3n) is 0.733. The molecule has 0 spiro atoms. The van der Waals surface area contributed by atoms with Gasteiger partial charge in [-0.25, -0.2) is 0 Å². The average molecular weight is 242 g/mol. The van der Waals surface area contributed by atoms with E-state index in [-0.39, 0.29) is 0 Å². The van der Waals surface area contributed by atoms with Crippen LogP contribution in [0.4, 0.5) is 0 Å². The molecule has 0 atom stereocenters. The molecule has 0 fully saturated rings. The van der Waals surface area contributed by atoms with Crippen molar-refractivity contribution in [2.24, 2.45) is 0 Å². The molecule has 0 saturated carbocycles. The van der Waals surface area contributed by atoms with Crippen molar-refractivity contribution in [2.75, 3.05) is 0 Å². The predicted octanol–water partition coefficient (Wildman–Crippen LogP) is 0.726. The van der Waals surface area contributed by atoms with E-state index in [1.165, 1.54) is 0 Å². The van der Waals surface area contributed by atoms with Crippen LogP contribution >= 0.6 is 11.6 Å². The van der Waals surface area contributed by atoms with Crippen LogP contribution in [0.2, 0.25) is 5.02 Å². The van der Waals surface area contributed by atoms with Crippen molar-refractivity contribution in [3.8, 4) is 0 Å². The van der Waals surface area contributed by atoms with Gasteiger partial charge in [-0.05, 0) is 12.1 Å². The summed E-state index contributed by atoms with van der Waals surface area (Å²) in [6, 6.07) is 9.44. The van der Waals surface area contributed by atoms with Crippen LogP contribution in [-0.4, -0.2) is 22.9 Å². The fraction of sp³-hybridized carbons (Fsp3) is 0. The van der Waals surface area contributed by atoms with Gasteiger partial charge in [-0.2, -0.15) is 0 Å².